The summed E-state index contributed by atoms with van der Waals surface area (Å²) in [5.41, 5.74) is 2.99. The molecule has 1 saturated heterocycles. The number of rotatable bonds is 8. The molecule has 39 heavy (non-hydrogen) atoms. The van der Waals surface area contributed by atoms with Crippen LogP contribution < -0.4 is 10.6 Å². The fourth-order valence-corrected chi connectivity index (χ4v) is 5.17. The van der Waals surface area contributed by atoms with Gasteiger partial charge in [-0.15, -0.1) is 5.10 Å². The molecule has 0 unspecified atom stereocenters. The molecule has 2 fully saturated rings. The lowest BCUT2D eigenvalue weighted by atomic mass is 9.82. The highest BCUT2D eigenvalue weighted by Gasteiger charge is 2.29. The Bertz CT molecular complexity index is 1590. The fourth-order valence-electron chi connectivity index (χ4n) is 4.90. The van der Waals surface area contributed by atoms with Crippen molar-refractivity contribution in [1.29, 1.82) is 5.26 Å². The zero-order valence-electron chi connectivity index (χ0n) is 22.5. The van der Waals surface area contributed by atoms with Crippen LogP contribution in [0.25, 0.3) is 10.9 Å². The summed E-state index contributed by atoms with van der Waals surface area (Å²) in [6.45, 7) is 4.28. The van der Waals surface area contributed by atoms with E-state index in [-0.39, 0.29) is 11.5 Å². The summed E-state index contributed by atoms with van der Waals surface area (Å²) < 4.78 is 30.7. The first-order valence-corrected chi connectivity index (χ1v) is 13.5. The van der Waals surface area contributed by atoms with Gasteiger partial charge in [0.05, 0.1) is 41.4 Å². The first-order chi connectivity index (χ1) is 19.3. The highest BCUT2D eigenvalue weighted by Crippen LogP contribution is 2.38. The molecule has 10 heteroatoms. The molecular formula is C29H29ClFN7O. The van der Waals surface area contributed by atoms with Crippen LogP contribution in [0.4, 0.5) is 15.8 Å². The predicted octanol–water partition coefficient (Wildman–Crippen LogP) is 6.26. The Morgan fingerprint density at radius 2 is 2.05 bits per heavy atom. The number of nitrogens with one attached hydrogen (secondary N) is 2. The van der Waals surface area contributed by atoms with Gasteiger partial charge in [0, 0.05) is 37.0 Å². The van der Waals surface area contributed by atoms with E-state index in [0.29, 0.717) is 63.9 Å². The maximum absolute atomic E-state index is 13.8. The summed E-state index contributed by atoms with van der Waals surface area (Å²) in [6.07, 6.45) is 7.17. The fraction of sp³-hybridized carbons (Fsp3) is 0.379. The van der Waals surface area contributed by atoms with Crippen molar-refractivity contribution in [2.45, 2.75) is 44.7 Å². The van der Waals surface area contributed by atoms with Crippen molar-refractivity contribution in [2.75, 3.05) is 30.4 Å². The van der Waals surface area contributed by atoms with E-state index >= 15 is 0 Å². The van der Waals surface area contributed by atoms with Gasteiger partial charge in [-0.1, -0.05) is 35.9 Å². The standard InChI is InChI=1S/C29H29ClFN7O/c1-29(8-10-39-11-9-29)17-34-26-19(14-32)15-33-28-23(26)12-21(13-24(28)30)35-27(18-2-4-20(31)5-3-18)25-16-38(37-36-25)22-6-7-22/h2-5,12-13,15-16,22,27,35H,6-11,17H2,1H3,(H,33,34)/t27-/m0/s1/i27D. The van der Waals surface area contributed by atoms with Crippen LogP contribution in [0, 0.1) is 22.6 Å². The Balaban J connectivity index is 1.41. The number of anilines is 2. The lowest BCUT2D eigenvalue weighted by Crippen LogP contribution is -2.33. The molecule has 2 aliphatic rings. The summed E-state index contributed by atoms with van der Waals surface area (Å²) in [4.78, 5) is 4.46. The van der Waals surface area contributed by atoms with Crippen molar-refractivity contribution in [2.24, 2.45) is 5.41 Å². The first kappa shape index (κ1) is 24.3. The average molecular weight is 547 g/mol. The zero-order valence-corrected chi connectivity index (χ0v) is 22.3. The van der Waals surface area contributed by atoms with E-state index in [2.05, 4.69) is 38.9 Å². The summed E-state index contributed by atoms with van der Waals surface area (Å²) in [7, 11) is 0. The molecule has 2 N–H and O–H groups in total. The van der Waals surface area contributed by atoms with E-state index in [1.807, 2.05) is 6.07 Å². The van der Waals surface area contributed by atoms with Crippen LogP contribution >= 0.6 is 11.6 Å². The molecule has 1 saturated carbocycles. The SMILES string of the molecule is [2H][C@](Nc1cc(Cl)c2ncc(C#N)c(NCC3(C)CCOCC3)c2c1)(c1ccc(F)cc1)c1cn(C2CC2)nn1. The van der Waals surface area contributed by atoms with Gasteiger partial charge in [-0.3, -0.25) is 4.98 Å². The van der Waals surface area contributed by atoms with Crippen LogP contribution in [-0.2, 0) is 4.74 Å². The summed E-state index contributed by atoms with van der Waals surface area (Å²) in [5.74, 6) is -0.398. The Morgan fingerprint density at radius 3 is 2.77 bits per heavy atom. The van der Waals surface area contributed by atoms with E-state index in [1.165, 1.54) is 18.3 Å². The molecular weight excluding hydrogens is 517 g/mol. The summed E-state index contributed by atoms with van der Waals surface area (Å²) >= 11 is 6.73. The van der Waals surface area contributed by atoms with Crippen molar-refractivity contribution in [3.05, 3.63) is 76.5 Å². The highest BCUT2D eigenvalue weighted by molar-refractivity contribution is 6.35. The Hall–Kier alpha value is -3.74. The van der Waals surface area contributed by atoms with Crippen molar-refractivity contribution < 1.29 is 10.5 Å². The number of halogens is 2. The topological polar surface area (TPSA) is 101 Å². The molecule has 1 atom stereocenters. The Kier molecular flexibility index (Phi) is 6.51. The van der Waals surface area contributed by atoms with Gasteiger partial charge in [-0.2, -0.15) is 5.26 Å². The number of nitriles is 1. The van der Waals surface area contributed by atoms with E-state index in [9.17, 15) is 11.0 Å². The van der Waals surface area contributed by atoms with E-state index in [1.54, 1.807) is 29.1 Å². The van der Waals surface area contributed by atoms with E-state index < -0.39 is 11.8 Å². The number of hydrogen-bond donors (Lipinski definition) is 2. The van der Waals surface area contributed by atoms with Gasteiger partial charge in [0.25, 0.3) is 0 Å². The molecule has 6 rings (SSSR count). The number of fused-ring (bicyclic) bond motifs is 1. The first-order valence-electron chi connectivity index (χ1n) is 13.6. The van der Waals surface area contributed by atoms with E-state index in [4.69, 9.17) is 16.3 Å². The maximum Gasteiger partial charge on any atom is 0.123 e. The summed E-state index contributed by atoms with van der Waals surface area (Å²) in [5, 5.41) is 26.3. The van der Waals surface area contributed by atoms with Crippen LogP contribution in [-0.4, -0.2) is 39.7 Å². The normalized spacial score (nSPS) is 18.7. The molecule has 0 radical (unpaired) electrons. The van der Waals surface area contributed by atoms with Gasteiger partial charge >= 0.3 is 0 Å². The smallest absolute Gasteiger partial charge is 0.123 e. The van der Waals surface area contributed by atoms with Crippen molar-refractivity contribution >= 4 is 33.9 Å². The largest absolute Gasteiger partial charge is 0.383 e. The van der Waals surface area contributed by atoms with Gasteiger partial charge in [-0.25, -0.2) is 9.07 Å². The number of hydrogen-bond acceptors (Lipinski definition) is 7. The minimum atomic E-state index is -1.60. The summed E-state index contributed by atoms with van der Waals surface area (Å²) in [6, 6.07) is 10.2. The zero-order chi connectivity index (χ0) is 27.9. The van der Waals surface area contributed by atoms with Gasteiger partial charge < -0.3 is 15.4 Å². The maximum atomic E-state index is 13.8. The minimum absolute atomic E-state index is 0.0204. The van der Waals surface area contributed by atoms with Gasteiger partial charge in [0.1, 0.15) is 17.6 Å². The van der Waals surface area contributed by atoms with Crippen LogP contribution in [0.1, 0.15) is 62.9 Å². The molecule has 3 heterocycles. The molecule has 0 bridgehead atoms. The van der Waals surface area contributed by atoms with Crippen LogP contribution in [0.15, 0.2) is 48.8 Å². The van der Waals surface area contributed by atoms with Crippen molar-refractivity contribution in [3.63, 3.8) is 0 Å². The lowest BCUT2D eigenvalue weighted by molar-refractivity contribution is 0.0300. The molecule has 2 aromatic carbocycles. The third-order valence-corrected chi connectivity index (χ3v) is 7.81. The number of nitrogens with zero attached hydrogens (tertiary/aromatic N) is 5. The van der Waals surface area contributed by atoms with Crippen LogP contribution in [0.3, 0.4) is 0 Å². The highest BCUT2D eigenvalue weighted by atomic mass is 35.5. The number of ether oxygens (including phenoxy) is 1. The molecule has 0 spiro atoms. The third kappa shape index (κ3) is 5.40. The van der Waals surface area contributed by atoms with Crippen LogP contribution in [0.2, 0.25) is 5.02 Å². The molecule has 1 aliphatic heterocycles. The Labute approximate surface area is 232 Å². The second-order valence-corrected chi connectivity index (χ2v) is 11.0. The molecule has 0 amide bonds. The van der Waals surface area contributed by atoms with Gasteiger partial charge in [0.15, 0.2) is 0 Å². The second kappa shape index (κ2) is 10.4. The van der Waals surface area contributed by atoms with Gasteiger partial charge in [-0.05, 0) is 60.9 Å². The van der Waals surface area contributed by atoms with Crippen molar-refractivity contribution in [3.8, 4) is 6.07 Å². The lowest BCUT2D eigenvalue weighted by Gasteiger charge is -2.34. The number of benzene rings is 2. The predicted molar refractivity (Wildman–Crippen MR) is 148 cm³/mol. The molecule has 1 aliphatic carbocycles. The molecule has 4 aromatic rings. The molecule has 200 valence electrons. The monoisotopic (exact) mass is 546 g/mol. The third-order valence-electron chi connectivity index (χ3n) is 7.53. The number of pyridine rings is 1. The quantitative estimate of drug-likeness (QED) is 0.269. The Morgan fingerprint density at radius 1 is 1.28 bits per heavy atom. The number of aromatic nitrogens is 4. The van der Waals surface area contributed by atoms with E-state index in [0.717, 1.165) is 25.7 Å². The molecule has 8 nitrogen and oxygen atoms in total. The molecule has 2 aromatic heterocycles. The van der Waals surface area contributed by atoms with Gasteiger partial charge in [0.2, 0.25) is 0 Å². The van der Waals surface area contributed by atoms with Crippen LogP contribution in [0.5, 0.6) is 0 Å². The average Bonchev–Trinajstić information content (AvgIpc) is 3.68. The van der Waals surface area contributed by atoms with Crippen molar-refractivity contribution in [1.82, 2.24) is 20.0 Å². The minimum Gasteiger partial charge on any atom is -0.383 e. The second-order valence-electron chi connectivity index (χ2n) is 10.6.